The van der Waals surface area contributed by atoms with Crippen LogP contribution in [0, 0.1) is 0 Å². The van der Waals surface area contributed by atoms with Gasteiger partial charge in [0.1, 0.15) is 11.5 Å². The number of carbonyl (C=O) groups is 1. The van der Waals surface area contributed by atoms with Gasteiger partial charge in [0.15, 0.2) is 0 Å². The maximum absolute atomic E-state index is 12.3. The van der Waals surface area contributed by atoms with E-state index in [-0.39, 0.29) is 27.9 Å². The van der Waals surface area contributed by atoms with Crippen LogP contribution in [-0.2, 0) is 10.8 Å². The minimum Gasteiger partial charge on any atom is -0.507 e. The molecule has 0 saturated heterocycles. The lowest BCUT2D eigenvalue weighted by molar-refractivity contribution is 0.0992. The third kappa shape index (κ3) is 4.95. The zero-order valence-corrected chi connectivity index (χ0v) is 18.0. The van der Waals surface area contributed by atoms with Gasteiger partial charge in [0.2, 0.25) is 0 Å². The molecule has 1 amide bonds. The van der Waals surface area contributed by atoms with Crippen LogP contribution in [0.25, 0.3) is 0 Å². The normalized spacial score (nSPS) is 12.6. The van der Waals surface area contributed by atoms with Crippen molar-refractivity contribution >= 4 is 27.5 Å². The monoisotopic (exact) mass is 432 g/mol. The molecular formula is C21H25BrN2O3. The Morgan fingerprint density at radius 2 is 1.44 bits per heavy atom. The lowest BCUT2D eigenvalue weighted by atomic mass is 9.79. The molecule has 0 aliphatic rings. The van der Waals surface area contributed by atoms with E-state index in [1.807, 2.05) is 41.5 Å². The summed E-state index contributed by atoms with van der Waals surface area (Å²) in [5.41, 5.74) is 1.41. The minimum absolute atomic E-state index is 0.0685. The number of carbonyl (C=O) groups excluding carboxylic acids is 1. The van der Waals surface area contributed by atoms with E-state index >= 15 is 0 Å². The van der Waals surface area contributed by atoms with Gasteiger partial charge in [-0.25, -0.2) is 0 Å². The molecular weight excluding hydrogens is 408 g/mol. The summed E-state index contributed by atoms with van der Waals surface area (Å²) in [5.74, 6) is -0.556. The molecule has 0 spiro atoms. The molecule has 27 heavy (non-hydrogen) atoms. The molecule has 2 aromatic rings. The summed E-state index contributed by atoms with van der Waals surface area (Å²) in [6.45, 7) is 12.0. The fraction of sp³-hybridized carbons (Fsp3) is 0.381. The summed E-state index contributed by atoms with van der Waals surface area (Å²) in [7, 11) is 0. The Balaban J connectivity index is 2.51. The summed E-state index contributed by atoms with van der Waals surface area (Å²) in [5, 5.41) is 28.4. The minimum atomic E-state index is -0.642. The highest BCUT2D eigenvalue weighted by molar-refractivity contribution is 9.10. The number of phenolic OH excluding ortho intramolecular Hbond substituents is 2. The Morgan fingerprint density at radius 1 is 0.926 bits per heavy atom. The van der Waals surface area contributed by atoms with E-state index in [2.05, 4.69) is 26.2 Å². The average molecular weight is 433 g/mol. The summed E-state index contributed by atoms with van der Waals surface area (Å²) >= 11 is 3.27. The SMILES string of the molecule is CC(C)(C)c1cc(N=NC(=O)c2cc(Br)ccc2O)cc(C(C)(C)C)c1O. The number of azo groups is 1. The molecule has 0 heterocycles. The highest BCUT2D eigenvalue weighted by atomic mass is 79.9. The third-order valence-electron chi connectivity index (χ3n) is 4.16. The fourth-order valence-corrected chi connectivity index (χ4v) is 3.02. The number of hydrogen-bond donors (Lipinski definition) is 2. The van der Waals surface area contributed by atoms with Gasteiger partial charge >= 0.3 is 0 Å². The van der Waals surface area contributed by atoms with Gasteiger partial charge in [0, 0.05) is 15.6 Å². The van der Waals surface area contributed by atoms with E-state index in [0.29, 0.717) is 10.2 Å². The highest BCUT2D eigenvalue weighted by Gasteiger charge is 2.26. The van der Waals surface area contributed by atoms with Crippen LogP contribution in [0.1, 0.15) is 63.0 Å². The van der Waals surface area contributed by atoms with Crippen LogP contribution >= 0.6 is 15.9 Å². The van der Waals surface area contributed by atoms with Gasteiger partial charge in [-0.15, -0.1) is 10.2 Å². The van der Waals surface area contributed by atoms with Gasteiger partial charge < -0.3 is 10.2 Å². The lowest BCUT2D eigenvalue weighted by Gasteiger charge is -2.27. The van der Waals surface area contributed by atoms with Crippen LogP contribution in [0.5, 0.6) is 11.5 Å². The first-order valence-electron chi connectivity index (χ1n) is 8.63. The third-order valence-corrected chi connectivity index (χ3v) is 4.65. The van der Waals surface area contributed by atoms with Gasteiger partial charge in [-0.2, -0.15) is 0 Å². The van der Waals surface area contributed by atoms with Crippen molar-refractivity contribution in [3.05, 3.63) is 51.5 Å². The van der Waals surface area contributed by atoms with Crippen molar-refractivity contribution in [3.8, 4) is 11.5 Å². The van der Waals surface area contributed by atoms with Crippen molar-refractivity contribution in [2.75, 3.05) is 0 Å². The molecule has 0 unspecified atom stereocenters. The highest BCUT2D eigenvalue weighted by Crippen LogP contribution is 2.41. The summed E-state index contributed by atoms with van der Waals surface area (Å²) in [6.07, 6.45) is 0. The van der Waals surface area contributed by atoms with Crippen molar-refractivity contribution in [2.24, 2.45) is 10.2 Å². The molecule has 0 aliphatic heterocycles. The van der Waals surface area contributed by atoms with E-state index in [4.69, 9.17) is 0 Å². The summed E-state index contributed by atoms with van der Waals surface area (Å²) < 4.78 is 0.661. The van der Waals surface area contributed by atoms with Crippen molar-refractivity contribution < 1.29 is 15.0 Å². The maximum atomic E-state index is 12.3. The molecule has 2 rings (SSSR count). The van der Waals surface area contributed by atoms with E-state index in [1.54, 1.807) is 18.2 Å². The van der Waals surface area contributed by atoms with Gasteiger partial charge in [-0.3, -0.25) is 4.79 Å². The van der Waals surface area contributed by atoms with Crippen molar-refractivity contribution in [1.82, 2.24) is 0 Å². The topological polar surface area (TPSA) is 82.2 Å². The first-order chi connectivity index (χ1) is 12.3. The Bertz CT molecular complexity index is 872. The molecule has 0 aromatic heterocycles. The van der Waals surface area contributed by atoms with Crippen molar-refractivity contribution in [1.29, 1.82) is 0 Å². The molecule has 0 bridgehead atoms. The number of aromatic hydroxyl groups is 2. The van der Waals surface area contributed by atoms with Crippen LogP contribution in [0.15, 0.2) is 45.0 Å². The van der Waals surface area contributed by atoms with Gasteiger partial charge in [-0.05, 0) is 41.2 Å². The van der Waals surface area contributed by atoms with Crippen LogP contribution in [0.2, 0.25) is 0 Å². The number of amides is 1. The number of benzene rings is 2. The molecule has 0 aliphatic carbocycles. The number of halogens is 1. The Kier molecular flexibility index (Phi) is 5.80. The Morgan fingerprint density at radius 3 is 1.93 bits per heavy atom. The Labute approximate surface area is 168 Å². The summed E-state index contributed by atoms with van der Waals surface area (Å²) in [6, 6.07) is 8.02. The fourth-order valence-electron chi connectivity index (χ4n) is 2.66. The van der Waals surface area contributed by atoms with Crippen molar-refractivity contribution in [2.45, 2.75) is 52.4 Å². The van der Waals surface area contributed by atoms with E-state index in [9.17, 15) is 15.0 Å². The number of hydrogen-bond acceptors (Lipinski definition) is 4. The largest absolute Gasteiger partial charge is 0.507 e. The number of rotatable bonds is 2. The molecule has 0 radical (unpaired) electrons. The molecule has 0 saturated carbocycles. The number of phenols is 2. The smallest absolute Gasteiger partial charge is 0.299 e. The second-order valence-electron chi connectivity index (χ2n) is 8.56. The Hall–Kier alpha value is -2.21. The maximum Gasteiger partial charge on any atom is 0.299 e. The van der Waals surface area contributed by atoms with Crippen LogP contribution < -0.4 is 0 Å². The van der Waals surface area contributed by atoms with E-state index in [1.165, 1.54) is 12.1 Å². The predicted octanol–water partition coefficient (Wildman–Crippen LogP) is 6.38. The van der Waals surface area contributed by atoms with Gasteiger partial charge in [-0.1, -0.05) is 57.5 Å². The first kappa shape index (κ1) is 21.1. The lowest BCUT2D eigenvalue weighted by Crippen LogP contribution is -2.16. The molecule has 5 nitrogen and oxygen atoms in total. The first-order valence-corrected chi connectivity index (χ1v) is 9.42. The van der Waals surface area contributed by atoms with E-state index < -0.39 is 5.91 Å². The summed E-state index contributed by atoms with van der Waals surface area (Å²) in [4.78, 5) is 12.3. The van der Waals surface area contributed by atoms with E-state index in [0.717, 1.165) is 11.1 Å². The standard InChI is InChI=1S/C21H25BrN2O3/c1-20(2,3)15-10-13(11-16(18(15)26)21(4,5)6)23-24-19(27)14-9-12(22)7-8-17(14)25/h7-11,25-26H,1-6H3. The van der Waals surface area contributed by atoms with Crippen LogP contribution in [0.4, 0.5) is 5.69 Å². The van der Waals surface area contributed by atoms with Crippen LogP contribution in [0.3, 0.4) is 0 Å². The number of nitrogens with zero attached hydrogens (tertiary/aromatic N) is 2. The molecule has 0 fully saturated rings. The van der Waals surface area contributed by atoms with Crippen LogP contribution in [-0.4, -0.2) is 16.1 Å². The molecule has 144 valence electrons. The predicted molar refractivity (Wildman–Crippen MR) is 110 cm³/mol. The second-order valence-corrected chi connectivity index (χ2v) is 9.47. The zero-order chi connectivity index (χ0) is 20.6. The van der Waals surface area contributed by atoms with Gasteiger partial charge in [0.05, 0.1) is 11.3 Å². The van der Waals surface area contributed by atoms with Gasteiger partial charge in [0.25, 0.3) is 5.91 Å². The molecule has 2 N–H and O–H groups in total. The molecule has 0 atom stereocenters. The molecule has 6 heteroatoms. The van der Waals surface area contributed by atoms with Crippen molar-refractivity contribution in [3.63, 3.8) is 0 Å². The second kappa shape index (κ2) is 7.43. The molecule has 2 aromatic carbocycles. The average Bonchev–Trinajstić information content (AvgIpc) is 2.53. The quantitative estimate of drug-likeness (QED) is 0.539. The zero-order valence-electron chi connectivity index (χ0n) is 16.5.